The van der Waals surface area contributed by atoms with Crippen LogP contribution in [-0.2, 0) is 6.42 Å². The second-order valence-corrected chi connectivity index (χ2v) is 16.4. The van der Waals surface area contributed by atoms with E-state index in [2.05, 4.69) is 224 Å². The van der Waals surface area contributed by atoms with Gasteiger partial charge in [-0.25, -0.2) is 9.97 Å². The first kappa shape index (κ1) is 38.8. The summed E-state index contributed by atoms with van der Waals surface area (Å²) in [5, 5.41) is 0. The van der Waals surface area contributed by atoms with E-state index in [0.717, 1.165) is 74.7 Å². The quantitative estimate of drug-likeness (QED) is 0.168. The van der Waals surface area contributed by atoms with Crippen LogP contribution >= 0.6 is 0 Å². The highest BCUT2D eigenvalue weighted by Gasteiger charge is 2.25. The smallest absolute Gasteiger partial charge is 0.160 e. The molecule has 64 heavy (non-hydrogen) atoms. The zero-order chi connectivity index (χ0) is 42.7. The van der Waals surface area contributed by atoms with E-state index in [1.165, 1.54) is 38.9 Å². The molecular weight excluding hydrogens is 777 g/mol. The molecule has 3 heteroatoms. The fraction of sp³-hybridized carbons (Fsp3) is 0.0492. The fourth-order valence-corrected chi connectivity index (χ4v) is 9.22. The molecule has 1 unspecified atom stereocenters. The molecule has 0 radical (unpaired) electrons. The first-order valence-corrected chi connectivity index (χ1v) is 22.1. The van der Waals surface area contributed by atoms with Crippen LogP contribution in [0.1, 0.15) is 29.0 Å². The Morgan fingerprint density at radius 3 is 1.42 bits per heavy atom. The average Bonchev–Trinajstić information content (AvgIpc) is 3.37. The maximum absolute atomic E-state index is 7.12. The van der Waals surface area contributed by atoms with E-state index in [4.69, 9.17) is 14.7 Å². The number of benzene rings is 9. The van der Waals surface area contributed by atoms with Crippen molar-refractivity contribution in [2.45, 2.75) is 18.8 Å². The molecule has 0 N–H and O–H groups in total. The van der Waals surface area contributed by atoms with Crippen LogP contribution in [0.5, 0.6) is 11.5 Å². The van der Waals surface area contributed by atoms with E-state index in [9.17, 15) is 0 Å². The first-order valence-electron chi connectivity index (χ1n) is 22.1. The third-order valence-electron chi connectivity index (χ3n) is 12.4. The number of para-hydroxylation sites is 2. The van der Waals surface area contributed by atoms with E-state index >= 15 is 0 Å². The van der Waals surface area contributed by atoms with Gasteiger partial charge in [0.25, 0.3) is 0 Å². The number of rotatable bonds is 6. The SMILES string of the molecule is c1ccc(-c2ccc3c(c2)-c2ccccc2Oc2ccccc2-c2cc(-c4ccccc4)ccc2C(c2cccc(-c4nc(-c5ccccc5)cc(-c5ccccc5)n4)c2)CC3)cc1. The van der Waals surface area contributed by atoms with Crippen LogP contribution in [-0.4, -0.2) is 9.97 Å². The van der Waals surface area contributed by atoms with Crippen LogP contribution in [0.25, 0.3) is 78.4 Å². The normalized spacial score (nSPS) is 13.2. The third kappa shape index (κ3) is 7.80. The van der Waals surface area contributed by atoms with Crippen molar-refractivity contribution in [3.05, 3.63) is 253 Å². The van der Waals surface area contributed by atoms with Crippen molar-refractivity contribution in [2.75, 3.05) is 0 Å². The summed E-state index contributed by atoms with van der Waals surface area (Å²) in [5.41, 5.74) is 17.8. The molecule has 0 saturated heterocycles. The molecule has 1 atom stereocenters. The second kappa shape index (κ2) is 17.3. The van der Waals surface area contributed by atoms with Crippen molar-refractivity contribution in [3.8, 4) is 89.9 Å². The lowest BCUT2D eigenvalue weighted by Crippen LogP contribution is -2.08. The van der Waals surface area contributed by atoms with Crippen molar-refractivity contribution in [1.29, 1.82) is 0 Å². The summed E-state index contributed by atoms with van der Waals surface area (Å²) >= 11 is 0. The van der Waals surface area contributed by atoms with Gasteiger partial charge in [0.15, 0.2) is 5.82 Å². The van der Waals surface area contributed by atoms with Crippen molar-refractivity contribution >= 4 is 0 Å². The molecule has 0 bridgehead atoms. The topological polar surface area (TPSA) is 35.0 Å². The standard InChI is InChI=1S/C61H44N2O/c1-5-18-42(19-6-1)47-33-32-44-34-36-51(49-26-17-27-50(38-49)61-62-57(45-22-9-3-10-23-45)41-58(63-61)46-24-11-4-12-25-46)52-37-35-48(43-20-7-2-8-21-43)40-56(52)54-29-14-16-31-60(54)64-59-30-15-13-28-53(59)55(44)39-47/h1-33,35,37-41,51H,34,36H2. The Balaban J connectivity index is 1.11. The van der Waals surface area contributed by atoms with Gasteiger partial charge in [0.1, 0.15) is 11.5 Å². The molecule has 1 aliphatic rings. The van der Waals surface area contributed by atoms with Gasteiger partial charge >= 0.3 is 0 Å². The lowest BCUT2D eigenvalue weighted by Gasteiger charge is -2.26. The molecule has 0 spiro atoms. The predicted molar refractivity (Wildman–Crippen MR) is 263 cm³/mol. The summed E-state index contributed by atoms with van der Waals surface area (Å²) in [5.74, 6) is 2.36. The Bertz CT molecular complexity index is 3180. The Hall–Kier alpha value is -8.14. The van der Waals surface area contributed by atoms with E-state index in [0.29, 0.717) is 5.82 Å². The van der Waals surface area contributed by atoms with Crippen LogP contribution < -0.4 is 4.74 Å². The molecule has 1 aliphatic heterocycles. The molecule has 11 rings (SSSR count). The molecule has 0 fully saturated rings. The van der Waals surface area contributed by atoms with E-state index < -0.39 is 0 Å². The molecular formula is C61H44N2O. The van der Waals surface area contributed by atoms with Crippen LogP contribution in [0.4, 0.5) is 0 Å². The highest BCUT2D eigenvalue weighted by atomic mass is 16.5. The number of aryl methyl sites for hydroxylation is 1. The van der Waals surface area contributed by atoms with Gasteiger partial charge in [0, 0.05) is 33.7 Å². The molecule has 9 aromatic carbocycles. The summed E-state index contributed by atoms with van der Waals surface area (Å²) in [7, 11) is 0. The van der Waals surface area contributed by atoms with E-state index in [-0.39, 0.29) is 5.92 Å². The van der Waals surface area contributed by atoms with Gasteiger partial charge in [-0.1, -0.05) is 200 Å². The third-order valence-corrected chi connectivity index (χ3v) is 12.4. The summed E-state index contributed by atoms with van der Waals surface area (Å²) in [6.07, 6.45) is 1.71. The summed E-state index contributed by atoms with van der Waals surface area (Å²) in [6.45, 7) is 0. The van der Waals surface area contributed by atoms with E-state index in [1.807, 2.05) is 12.1 Å². The molecule has 2 heterocycles. The van der Waals surface area contributed by atoms with Gasteiger partial charge in [-0.2, -0.15) is 0 Å². The number of nitrogens with zero attached hydrogens (tertiary/aromatic N) is 2. The highest BCUT2D eigenvalue weighted by molar-refractivity contribution is 5.83. The fourth-order valence-electron chi connectivity index (χ4n) is 9.22. The summed E-state index contributed by atoms with van der Waals surface area (Å²) < 4.78 is 7.12. The van der Waals surface area contributed by atoms with Crippen LogP contribution in [0.3, 0.4) is 0 Å². The first-order chi connectivity index (χ1) is 31.7. The Labute approximate surface area is 375 Å². The molecule has 3 nitrogen and oxygen atoms in total. The van der Waals surface area contributed by atoms with Gasteiger partial charge in [-0.05, 0) is 99.3 Å². The Kier molecular flexibility index (Phi) is 10.5. The summed E-state index contributed by atoms with van der Waals surface area (Å²) in [6, 6.07) is 84.1. The van der Waals surface area contributed by atoms with E-state index in [1.54, 1.807) is 0 Å². The largest absolute Gasteiger partial charge is 0.456 e. The zero-order valence-electron chi connectivity index (χ0n) is 35.3. The maximum Gasteiger partial charge on any atom is 0.160 e. The number of fused-ring (bicyclic) bond motifs is 6. The van der Waals surface area contributed by atoms with Crippen LogP contribution in [0, 0.1) is 0 Å². The molecule has 1 aromatic heterocycles. The molecule has 10 aromatic rings. The van der Waals surface area contributed by atoms with Crippen molar-refractivity contribution in [1.82, 2.24) is 9.97 Å². The Morgan fingerprint density at radius 2 is 0.828 bits per heavy atom. The molecule has 304 valence electrons. The van der Waals surface area contributed by atoms with Gasteiger partial charge in [0.05, 0.1) is 11.4 Å². The molecule has 0 amide bonds. The van der Waals surface area contributed by atoms with Crippen molar-refractivity contribution in [3.63, 3.8) is 0 Å². The van der Waals surface area contributed by atoms with Gasteiger partial charge in [-0.15, -0.1) is 0 Å². The van der Waals surface area contributed by atoms with Crippen LogP contribution in [0.2, 0.25) is 0 Å². The average molecular weight is 821 g/mol. The number of hydrogen-bond acceptors (Lipinski definition) is 3. The second-order valence-electron chi connectivity index (χ2n) is 16.4. The number of ether oxygens (including phenoxy) is 1. The molecule has 0 saturated carbocycles. The molecule has 0 aliphatic carbocycles. The lowest BCUT2D eigenvalue weighted by molar-refractivity contribution is 0.486. The Morgan fingerprint density at radius 1 is 0.344 bits per heavy atom. The zero-order valence-corrected chi connectivity index (χ0v) is 35.3. The maximum atomic E-state index is 7.12. The summed E-state index contributed by atoms with van der Waals surface area (Å²) in [4.78, 5) is 10.5. The minimum absolute atomic E-state index is 0.00930. The van der Waals surface area contributed by atoms with Crippen molar-refractivity contribution in [2.24, 2.45) is 0 Å². The predicted octanol–water partition coefficient (Wildman–Crippen LogP) is 16.0. The minimum atomic E-state index is 0.00930. The van der Waals surface area contributed by atoms with Gasteiger partial charge in [0.2, 0.25) is 0 Å². The highest BCUT2D eigenvalue weighted by Crippen LogP contribution is 2.46. The monoisotopic (exact) mass is 820 g/mol. The van der Waals surface area contributed by atoms with Crippen molar-refractivity contribution < 1.29 is 4.74 Å². The van der Waals surface area contributed by atoms with Crippen LogP contribution in [0.15, 0.2) is 237 Å². The number of hydrogen-bond donors (Lipinski definition) is 0. The lowest BCUT2D eigenvalue weighted by atomic mass is 9.80. The number of aromatic nitrogens is 2. The minimum Gasteiger partial charge on any atom is -0.456 e. The van der Waals surface area contributed by atoms with Gasteiger partial charge in [-0.3, -0.25) is 0 Å². The van der Waals surface area contributed by atoms with Gasteiger partial charge < -0.3 is 4.74 Å².